The monoisotopic (exact) mass is 654 g/mol. The zero-order valence-corrected chi connectivity index (χ0v) is 28.7. The standard InChI is InChI=1S/C43H34N4OS/c1-7-30-26(4)39(31(8-2)42-46-40(27-15-11-9-12-16-27)45-41(47-42)28-17-13-10-14-18-28)49-38(30)25(3)29-19-20-33-32(23-29)36-34(43(33,5)6)21-22-35-37(36)48-24-44-35/h7-24H,1,3H2,2,4-6H3/b31-8+. The molecule has 238 valence electrons. The number of hydrogen-bond acceptors (Lipinski definition) is 6. The number of rotatable bonds is 7. The van der Waals surface area contributed by atoms with Gasteiger partial charge in [-0.15, -0.1) is 11.3 Å². The van der Waals surface area contributed by atoms with Crippen LogP contribution in [0.25, 0.3) is 62.2 Å². The van der Waals surface area contributed by atoms with E-state index in [1.807, 2.05) is 73.7 Å². The highest BCUT2D eigenvalue weighted by atomic mass is 32.1. The molecule has 1 aliphatic rings. The molecule has 0 bridgehead atoms. The average Bonchev–Trinajstić information content (AvgIpc) is 3.81. The lowest BCUT2D eigenvalue weighted by Crippen LogP contribution is -2.14. The van der Waals surface area contributed by atoms with Crippen LogP contribution < -0.4 is 0 Å². The lowest BCUT2D eigenvalue weighted by atomic mass is 9.82. The van der Waals surface area contributed by atoms with E-state index in [2.05, 4.69) is 75.3 Å². The minimum atomic E-state index is -0.160. The van der Waals surface area contributed by atoms with Gasteiger partial charge in [-0.25, -0.2) is 19.9 Å². The average molecular weight is 655 g/mol. The van der Waals surface area contributed by atoms with E-state index in [0.29, 0.717) is 17.5 Å². The number of thiophene rings is 1. The van der Waals surface area contributed by atoms with Crippen LogP contribution in [0.15, 0.2) is 121 Å². The second-order valence-electron chi connectivity index (χ2n) is 12.8. The van der Waals surface area contributed by atoms with E-state index >= 15 is 0 Å². The first-order valence-electron chi connectivity index (χ1n) is 16.3. The lowest BCUT2D eigenvalue weighted by molar-refractivity contribution is 0.601. The summed E-state index contributed by atoms with van der Waals surface area (Å²) in [5.74, 6) is 1.89. The van der Waals surface area contributed by atoms with E-state index in [0.717, 1.165) is 70.9 Å². The number of fused-ring (bicyclic) bond motifs is 5. The van der Waals surface area contributed by atoms with Gasteiger partial charge in [0.25, 0.3) is 0 Å². The number of benzene rings is 4. The molecule has 8 rings (SSSR count). The molecule has 0 saturated carbocycles. The van der Waals surface area contributed by atoms with Gasteiger partial charge in [-0.3, -0.25) is 0 Å². The molecule has 0 aliphatic heterocycles. The Bertz CT molecular complexity index is 2410. The van der Waals surface area contributed by atoms with E-state index in [9.17, 15) is 0 Å². The van der Waals surface area contributed by atoms with Gasteiger partial charge in [-0.2, -0.15) is 0 Å². The van der Waals surface area contributed by atoms with Crippen molar-refractivity contribution in [3.8, 4) is 33.9 Å². The molecule has 3 heterocycles. The van der Waals surface area contributed by atoms with Gasteiger partial charge >= 0.3 is 0 Å². The molecule has 4 aromatic carbocycles. The number of allylic oxidation sites excluding steroid dienone is 1. The fourth-order valence-corrected chi connectivity index (χ4v) is 8.39. The van der Waals surface area contributed by atoms with Crippen molar-refractivity contribution in [3.05, 3.63) is 160 Å². The minimum Gasteiger partial charge on any atom is -0.443 e. The molecule has 1 aliphatic carbocycles. The normalized spacial score (nSPS) is 13.3. The second-order valence-corrected chi connectivity index (χ2v) is 13.8. The fraction of sp³-hybridized carbons (Fsp3) is 0.116. The molecule has 7 aromatic rings. The Morgan fingerprint density at radius 3 is 2.10 bits per heavy atom. The van der Waals surface area contributed by atoms with Crippen molar-refractivity contribution < 1.29 is 4.42 Å². The van der Waals surface area contributed by atoms with Gasteiger partial charge in [0.2, 0.25) is 0 Å². The molecule has 0 radical (unpaired) electrons. The first-order chi connectivity index (χ1) is 23.8. The molecule has 0 N–H and O–H groups in total. The van der Waals surface area contributed by atoms with Crippen molar-refractivity contribution in [1.29, 1.82) is 0 Å². The van der Waals surface area contributed by atoms with Crippen molar-refractivity contribution in [2.75, 3.05) is 0 Å². The topological polar surface area (TPSA) is 64.7 Å². The van der Waals surface area contributed by atoms with Crippen LogP contribution >= 0.6 is 11.3 Å². The highest BCUT2D eigenvalue weighted by Gasteiger charge is 2.38. The first kappa shape index (κ1) is 30.6. The number of aromatic nitrogens is 4. The Labute approximate surface area is 290 Å². The van der Waals surface area contributed by atoms with Gasteiger partial charge in [0.1, 0.15) is 5.52 Å². The summed E-state index contributed by atoms with van der Waals surface area (Å²) in [4.78, 5) is 21.5. The molecular formula is C43H34N4OS. The van der Waals surface area contributed by atoms with E-state index in [4.69, 9.17) is 19.4 Å². The van der Waals surface area contributed by atoms with Crippen molar-refractivity contribution in [2.45, 2.75) is 33.1 Å². The Morgan fingerprint density at radius 1 is 0.816 bits per heavy atom. The number of hydrogen-bond donors (Lipinski definition) is 0. The van der Waals surface area contributed by atoms with Crippen LogP contribution in [-0.4, -0.2) is 19.9 Å². The van der Waals surface area contributed by atoms with Crippen molar-refractivity contribution in [3.63, 3.8) is 0 Å². The molecule has 0 unspecified atom stereocenters. The number of oxazole rings is 1. The highest BCUT2D eigenvalue weighted by Crippen LogP contribution is 2.52. The fourth-order valence-electron chi connectivity index (χ4n) is 7.02. The van der Waals surface area contributed by atoms with Gasteiger partial charge in [-0.05, 0) is 64.9 Å². The minimum absolute atomic E-state index is 0.160. The molecule has 5 nitrogen and oxygen atoms in total. The van der Waals surface area contributed by atoms with Crippen LogP contribution in [0.5, 0.6) is 0 Å². The maximum absolute atomic E-state index is 5.94. The molecule has 0 amide bonds. The molecule has 3 aromatic heterocycles. The zero-order valence-electron chi connectivity index (χ0n) is 27.9. The van der Waals surface area contributed by atoms with Gasteiger partial charge in [0.15, 0.2) is 29.4 Å². The molecule has 49 heavy (non-hydrogen) atoms. The van der Waals surface area contributed by atoms with E-state index in [1.54, 1.807) is 11.3 Å². The third kappa shape index (κ3) is 4.90. The number of nitrogens with zero attached hydrogens (tertiary/aromatic N) is 4. The van der Waals surface area contributed by atoms with Gasteiger partial charge in [0.05, 0.1) is 0 Å². The summed E-state index contributed by atoms with van der Waals surface area (Å²) < 4.78 is 5.94. The molecule has 0 saturated heterocycles. The summed E-state index contributed by atoms with van der Waals surface area (Å²) in [6, 6.07) is 31.0. The van der Waals surface area contributed by atoms with E-state index in [-0.39, 0.29) is 5.41 Å². The van der Waals surface area contributed by atoms with Crippen LogP contribution in [0.2, 0.25) is 0 Å². The highest BCUT2D eigenvalue weighted by molar-refractivity contribution is 7.14. The maximum Gasteiger partial charge on any atom is 0.182 e. The van der Waals surface area contributed by atoms with Crippen molar-refractivity contribution in [2.24, 2.45) is 0 Å². The third-order valence-corrected chi connectivity index (χ3v) is 11.0. The van der Waals surface area contributed by atoms with E-state index < -0.39 is 0 Å². The summed E-state index contributed by atoms with van der Waals surface area (Å²) >= 11 is 1.70. The molecule has 0 fully saturated rings. The third-order valence-electron chi connectivity index (χ3n) is 9.63. The largest absolute Gasteiger partial charge is 0.443 e. The summed E-state index contributed by atoms with van der Waals surface area (Å²) in [5, 5.41) is 0. The SMILES string of the molecule is C=Cc1c(C(=C)c2ccc3c(c2)-c2c(ccc4ncoc24)C3(C)C)sc(/C(=C\C)c2nc(-c3ccccc3)nc(-c3ccccc3)n2)c1C. The Kier molecular flexibility index (Phi) is 7.34. The maximum atomic E-state index is 5.94. The van der Waals surface area contributed by atoms with Crippen LogP contribution in [0.4, 0.5) is 0 Å². The Morgan fingerprint density at radius 2 is 1.47 bits per heavy atom. The van der Waals surface area contributed by atoms with Crippen LogP contribution in [0, 0.1) is 6.92 Å². The predicted octanol–water partition coefficient (Wildman–Crippen LogP) is 11.2. The molecule has 6 heteroatoms. The van der Waals surface area contributed by atoms with Gasteiger partial charge in [0, 0.05) is 37.4 Å². The molecule has 0 atom stereocenters. The quantitative estimate of drug-likeness (QED) is 0.171. The summed E-state index contributed by atoms with van der Waals surface area (Å²) in [6.45, 7) is 17.6. The smallest absolute Gasteiger partial charge is 0.182 e. The van der Waals surface area contributed by atoms with Crippen molar-refractivity contribution >= 4 is 39.7 Å². The van der Waals surface area contributed by atoms with Crippen LogP contribution in [0.3, 0.4) is 0 Å². The summed E-state index contributed by atoms with van der Waals surface area (Å²) in [5.41, 5.74) is 13.3. The Balaban J connectivity index is 1.24. The van der Waals surface area contributed by atoms with Crippen molar-refractivity contribution in [1.82, 2.24) is 19.9 Å². The lowest BCUT2D eigenvalue weighted by Gasteiger charge is -2.21. The second kappa shape index (κ2) is 11.8. The molecular weight excluding hydrogens is 621 g/mol. The summed E-state index contributed by atoms with van der Waals surface area (Å²) in [6.07, 6.45) is 5.56. The van der Waals surface area contributed by atoms with Gasteiger partial charge < -0.3 is 4.42 Å². The zero-order chi connectivity index (χ0) is 33.9. The van der Waals surface area contributed by atoms with Crippen LogP contribution in [0.1, 0.15) is 64.2 Å². The predicted molar refractivity (Wildman–Crippen MR) is 202 cm³/mol. The van der Waals surface area contributed by atoms with Crippen LogP contribution in [-0.2, 0) is 5.41 Å². The molecule has 0 spiro atoms. The summed E-state index contributed by atoms with van der Waals surface area (Å²) in [7, 11) is 0. The first-order valence-corrected chi connectivity index (χ1v) is 17.1. The van der Waals surface area contributed by atoms with E-state index in [1.165, 1.54) is 17.5 Å². The van der Waals surface area contributed by atoms with Gasteiger partial charge in [-0.1, -0.05) is 118 Å². The Hall–Kier alpha value is -5.72.